The largest absolute Gasteiger partial charge is 0.298 e. The second-order valence-electron chi connectivity index (χ2n) is 9.74. The lowest BCUT2D eigenvalue weighted by atomic mass is 10.1. The molecule has 0 aromatic heterocycles. The van der Waals surface area contributed by atoms with Crippen molar-refractivity contribution in [3.63, 3.8) is 0 Å². The van der Waals surface area contributed by atoms with E-state index in [0.29, 0.717) is 11.3 Å². The first-order valence-electron chi connectivity index (χ1n) is 13.3. The van der Waals surface area contributed by atoms with E-state index in [0.717, 1.165) is 43.8 Å². The molecule has 5 rings (SSSR count). The molecule has 7 nitrogen and oxygen atoms in total. The third-order valence-electron chi connectivity index (χ3n) is 6.92. The third-order valence-corrected chi connectivity index (χ3v) is 8.70. The van der Waals surface area contributed by atoms with Gasteiger partial charge in [0, 0.05) is 43.8 Å². The van der Waals surface area contributed by atoms with E-state index in [1.165, 1.54) is 9.87 Å². The smallest absolute Gasteiger partial charge is 0.271 e. The summed E-state index contributed by atoms with van der Waals surface area (Å²) in [4.78, 5) is 15.4. The summed E-state index contributed by atoms with van der Waals surface area (Å²) in [5, 5.41) is 4.38. The third kappa shape index (κ3) is 6.83. The van der Waals surface area contributed by atoms with Crippen molar-refractivity contribution >= 4 is 27.3 Å². The molecule has 0 atom stereocenters. The van der Waals surface area contributed by atoms with Gasteiger partial charge in [-0.25, -0.2) is 13.8 Å². The number of nitrogens with zero attached hydrogens (tertiary/aromatic N) is 3. The van der Waals surface area contributed by atoms with Crippen molar-refractivity contribution in [3.05, 3.63) is 132 Å². The molecule has 0 spiro atoms. The van der Waals surface area contributed by atoms with Crippen LogP contribution in [0.2, 0.25) is 0 Å². The van der Waals surface area contributed by atoms with Crippen LogP contribution < -0.4 is 9.73 Å². The Morgan fingerprint density at radius 2 is 1.32 bits per heavy atom. The van der Waals surface area contributed by atoms with E-state index in [2.05, 4.69) is 39.7 Å². The van der Waals surface area contributed by atoms with Gasteiger partial charge in [0.05, 0.1) is 17.1 Å². The van der Waals surface area contributed by atoms with Crippen molar-refractivity contribution in [3.8, 4) is 0 Å². The summed E-state index contributed by atoms with van der Waals surface area (Å²) in [7, 11) is -3.79. The molecular formula is C32H32N4O3S. The molecule has 1 aliphatic heterocycles. The van der Waals surface area contributed by atoms with Gasteiger partial charge in [-0.3, -0.25) is 14.0 Å². The van der Waals surface area contributed by atoms with E-state index >= 15 is 0 Å². The summed E-state index contributed by atoms with van der Waals surface area (Å²) >= 11 is 0. The van der Waals surface area contributed by atoms with Crippen molar-refractivity contribution in [2.45, 2.75) is 30.8 Å². The molecule has 0 unspecified atom stereocenters. The number of hydrogen-bond acceptors (Lipinski definition) is 5. The summed E-state index contributed by atoms with van der Waals surface area (Å²) in [5.41, 5.74) is 6.76. The number of nitrogens with one attached hydrogen (secondary N) is 1. The number of amides is 1. The molecule has 1 fully saturated rings. The number of anilines is 1. The molecule has 8 heteroatoms. The van der Waals surface area contributed by atoms with Gasteiger partial charge in [0.25, 0.3) is 15.9 Å². The molecular weight excluding hydrogens is 520 g/mol. The molecule has 1 aliphatic rings. The molecule has 1 heterocycles. The summed E-state index contributed by atoms with van der Waals surface area (Å²) in [6.07, 6.45) is 1.63. The topological polar surface area (TPSA) is 82.1 Å². The molecule has 1 N–H and O–H groups in total. The molecule has 0 bridgehead atoms. The van der Waals surface area contributed by atoms with Crippen LogP contribution in [0.25, 0.3) is 0 Å². The number of carbonyl (C=O) groups is 1. The second kappa shape index (κ2) is 12.7. The van der Waals surface area contributed by atoms with Crippen molar-refractivity contribution in [2.24, 2.45) is 5.10 Å². The van der Waals surface area contributed by atoms with Gasteiger partial charge in [-0.2, -0.15) is 5.10 Å². The summed E-state index contributed by atoms with van der Waals surface area (Å²) in [6, 6.07) is 34.8. The molecule has 1 saturated heterocycles. The SMILES string of the molecule is O=C(NN=C1CCN(Cc2ccccc2)CC1)c1ccc(CN(c2ccccc2)S(=O)(=O)c2ccccc2)cc1. The van der Waals surface area contributed by atoms with E-state index in [1.54, 1.807) is 66.7 Å². The molecule has 4 aromatic rings. The van der Waals surface area contributed by atoms with Crippen LogP contribution >= 0.6 is 0 Å². The van der Waals surface area contributed by atoms with Gasteiger partial charge in [0.1, 0.15) is 0 Å². The van der Waals surface area contributed by atoms with Crippen LogP contribution in [0.4, 0.5) is 5.69 Å². The molecule has 0 radical (unpaired) electrons. The summed E-state index contributed by atoms with van der Waals surface area (Å²) in [6.45, 7) is 2.86. The van der Waals surface area contributed by atoms with Gasteiger partial charge >= 0.3 is 0 Å². The van der Waals surface area contributed by atoms with Crippen LogP contribution in [0.1, 0.15) is 34.3 Å². The maximum absolute atomic E-state index is 13.5. The van der Waals surface area contributed by atoms with Crippen LogP contribution in [0.15, 0.2) is 125 Å². The van der Waals surface area contributed by atoms with Crippen LogP contribution in [0, 0.1) is 0 Å². The predicted octanol–water partition coefficient (Wildman–Crippen LogP) is 5.46. The van der Waals surface area contributed by atoms with Crippen LogP contribution in [-0.2, 0) is 23.1 Å². The highest BCUT2D eigenvalue weighted by Gasteiger charge is 2.25. The van der Waals surface area contributed by atoms with Gasteiger partial charge in [-0.15, -0.1) is 0 Å². The van der Waals surface area contributed by atoms with Crippen LogP contribution in [-0.4, -0.2) is 38.0 Å². The fourth-order valence-corrected chi connectivity index (χ4v) is 6.15. The zero-order valence-corrected chi connectivity index (χ0v) is 23.0. The van der Waals surface area contributed by atoms with E-state index in [1.807, 2.05) is 24.3 Å². The van der Waals surface area contributed by atoms with Crippen molar-refractivity contribution < 1.29 is 13.2 Å². The predicted molar refractivity (Wildman–Crippen MR) is 159 cm³/mol. The second-order valence-corrected chi connectivity index (χ2v) is 11.6. The van der Waals surface area contributed by atoms with E-state index < -0.39 is 10.0 Å². The molecule has 0 aliphatic carbocycles. The molecule has 204 valence electrons. The number of hydrazone groups is 1. The van der Waals surface area contributed by atoms with Gasteiger partial charge in [-0.1, -0.05) is 78.9 Å². The molecule has 1 amide bonds. The number of benzene rings is 4. The average Bonchev–Trinajstić information content (AvgIpc) is 3.01. The standard InChI is InChI=1S/C32H32N4O3S/c37-32(34-33-29-20-22-35(23-21-29)24-26-10-4-1-5-11-26)28-18-16-27(17-19-28)25-36(30-12-6-2-7-13-30)40(38,39)31-14-8-3-9-15-31/h1-19H,20-25H2,(H,34,37). The number of likely N-dealkylation sites (tertiary alicyclic amines) is 1. The van der Waals surface area contributed by atoms with E-state index in [9.17, 15) is 13.2 Å². The Labute approximate surface area is 235 Å². The minimum Gasteiger partial charge on any atom is -0.298 e. The number of hydrogen-bond donors (Lipinski definition) is 1. The molecule has 40 heavy (non-hydrogen) atoms. The first-order valence-corrected chi connectivity index (χ1v) is 14.8. The van der Waals surface area contributed by atoms with Crippen LogP contribution in [0.3, 0.4) is 0 Å². The summed E-state index contributed by atoms with van der Waals surface area (Å²) in [5.74, 6) is -0.289. The number of piperidine rings is 1. The zero-order chi connectivity index (χ0) is 27.8. The maximum atomic E-state index is 13.5. The number of carbonyl (C=O) groups excluding carboxylic acids is 1. The van der Waals surface area contributed by atoms with Crippen molar-refractivity contribution in [1.82, 2.24) is 10.3 Å². The Bertz CT molecular complexity index is 1530. The molecule has 0 saturated carbocycles. The van der Waals surface area contributed by atoms with E-state index in [-0.39, 0.29) is 17.3 Å². The molecule has 4 aromatic carbocycles. The Hall–Kier alpha value is -4.27. The highest BCUT2D eigenvalue weighted by molar-refractivity contribution is 7.92. The Morgan fingerprint density at radius 1 is 0.750 bits per heavy atom. The number of rotatable bonds is 9. The van der Waals surface area contributed by atoms with Crippen LogP contribution in [0.5, 0.6) is 0 Å². The van der Waals surface area contributed by atoms with Crippen molar-refractivity contribution in [1.29, 1.82) is 0 Å². The van der Waals surface area contributed by atoms with Gasteiger partial charge in [0.15, 0.2) is 0 Å². The van der Waals surface area contributed by atoms with Gasteiger partial charge in [-0.05, 0) is 47.5 Å². The number of sulfonamides is 1. The minimum absolute atomic E-state index is 0.130. The lowest BCUT2D eigenvalue weighted by Gasteiger charge is -2.27. The highest BCUT2D eigenvalue weighted by Crippen LogP contribution is 2.26. The fraction of sp³-hybridized carbons (Fsp3) is 0.188. The lowest BCUT2D eigenvalue weighted by Crippen LogP contribution is -2.34. The van der Waals surface area contributed by atoms with E-state index in [4.69, 9.17) is 0 Å². The van der Waals surface area contributed by atoms with Gasteiger partial charge in [0.2, 0.25) is 0 Å². The summed E-state index contributed by atoms with van der Waals surface area (Å²) < 4.78 is 28.4. The normalized spacial score (nSPS) is 13.9. The maximum Gasteiger partial charge on any atom is 0.271 e. The average molecular weight is 553 g/mol. The zero-order valence-electron chi connectivity index (χ0n) is 22.2. The van der Waals surface area contributed by atoms with Gasteiger partial charge < -0.3 is 0 Å². The lowest BCUT2D eigenvalue weighted by molar-refractivity contribution is 0.0954. The van der Waals surface area contributed by atoms with Crippen molar-refractivity contribution in [2.75, 3.05) is 17.4 Å². The first kappa shape index (κ1) is 27.3. The Balaban J connectivity index is 1.21. The highest BCUT2D eigenvalue weighted by atomic mass is 32.2. The minimum atomic E-state index is -3.79. The Morgan fingerprint density at radius 3 is 1.95 bits per heavy atom. The quantitative estimate of drug-likeness (QED) is 0.280. The Kier molecular flexibility index (Phi) is 8.68. The fourth-order valence-electron chi connectivity index (χ4n) is 4.67. The monoisotopic (exact) mass is 552 g/mol. The first-order chi connectivity index (χ1) is 19.5. The number of para-hydroxylation sites is 1.